The summed E-state index contributed by atoms with van der Waals surface area (Å²) in [7, 11) is 1.33. The molecule has 0 saturated carbocycles. The van der Waals surface area contributed by atoms with Crippen molar-refractivity contribution in [3.8, 4) is 11.1 Å². The Morgan fingerprint density at radius 3 is 1.79 bits per heavy atom. The molecule has 3 aromatic carbocycles. The van der Waals surface area contributed by atoms with E-state index in [1.165, 1.54) is 7.11 Å². The lowest BCUT2D eigenvalue weighted by Crippen LogP contribution is -2.56. The van der Waals surface area contributed by atoms with Crippen LogP contribution in [0.1, 0.15) is 44.4 Å². The second-order valence-corrected chi connectivity index (χ2v) is 9.67. The van der Waals surface area contributed by atoms with Crippen molar-refractivity contribution in [1.29, 1.82) is 0 Å². The van der Waals surface area contributed by atoms with E-state index in [0.717, 1.165) is 27.8 Å². The van der Waals surface area contributed by atoms with Crippen LogP contribution in [-0.4, -0.2) is 30.7 Å². The summed E-state index contributed by atoms with van der Waals surface area (Å²) in [5.41, 5.74) is 3.61. The molecule has 4 rings (SSSR count). The third-order valence-corrected chi connectivity index (χ3v) is 6.26. The fourth-order valence-corrected chi connectivity index (χ4v) is 4.78. The average molecular weight is 458 g/mol. The number of methoxy groups -OCH3 is 1. The molecule has 0 aliphatic heterocycles. The summed E-state index contributed by atoms with van der Waals surface area (Å²) >= 11 is 0. The highest BCUT2D eigenvalue weighted by atomic mass is 16.6. The van der Waals surface area contributed by atoms with Crippen molar-refractivity contribution in [3.63, 3.8) is 0 Å². The van der Waals surface area contributed by atoms with Gasteiger partial charge in [-0.3, -0.25) is 14.9 Å². The fourth-order valence-electron chi connectivity index (χ4n) is 4.78. The maximum atomic E-state index is 13.5. The zero-order valence-corrected chi connectivity index (χ0v) is 20.3. The largest absolute Gasteiger partial charge is 0.469 e. The maximum Gasteiger partial charge on any atom is 0.324 e. The summed E-state index contributed by atoms with van der Waals surface area (Å²) in [5.74, 6) is -1.76. The number of esters is 2. The molecular weight excluding hydrogens is 426 g/mol. The Labute approximate surface area is 201 Å². The summed E-state index contributed by atoms with van der Waals surface area (Å²) in [6, 6.07) is 25.4. The lowest BCUT2D eigenvalue weighted by molar-refractivity contribution is -0.164. The number of nitrogens with one attached hydrogen (secondary N) is 1. The minimum absolute atomic E-state index is 0.480. The summed E-state index contributed by atoms with van der Waals surface area (Å²) in [6.07, 6.45) is 0. The average Bonchev–Trinajstić information content (AvgIpc) is 3.12. The minimum atomic E-state index is -0.953. The summed E-state index contributed by atoms with van der Waals surface area (Å²) < 4.78 is 10.8. The van der Waals surface area contributed by atoms with Crippen molar-refractivity contribution >= 4 is 11.9 Å². The molecule has 0 heterocycles. The Balaban J connectivity index is 1.95. The van der Waals surface area contributed by atoms with Gasteiger partial charge in [-0.15, -0.1) is 0 Å². The van der Waals surface area contributed by atoms with E-state index in [1.807, 2.05) is 75.4 Å². The zero-order chi connectivity index (χ0) is 24.5. The van der Waals surface area contributed by atoms with Crippen LogP contribution in [0.5, 0.6) is 0 Å². The normalized spacial score (nSPS) is 15.6. The van der Waals surface area contributed by atoms with Gasteiger partial charge in [0.25, 0.3) is 0 Å². The van der Waals surface area contributed by atoms with Crippen molar-refractivity contribution in [2.24, 2.45) is 5.92 Å². The van der Waals surface area contributed by atoms with Crippen LogP contribution in [0.15, 0.2) is 78.9 Å². The fraction of sp³-hybridized carbons (Fsp3) is 0.310. The molecule has 0 aromatic heterocycles. The topological polar surface area (TPSA) is 64.6 Å². The highest BCUT2D eigenvalue weighted by molar-refractivity contribution is 5.87. The first kappa shape index (κ1) is 23.7. The van der Waals surface area contributed by atoms with Crippen LogP contribution in [0, 0.1) is 5.92 Å². The second kappa shape index (κ2) is 9.07. The van der Waals surface area contributed by atoms with Gasteiger partial charge in [0, 0.05) is 0 Å². The first-order chi connectivity index (χ1) is 16.2. The lowest BCUT2D eigenvalue weighted by atomic mass is 9.79. The summed E-state index contributed by atoms with van der Waals surface area (Å²) in [4.78, 5) is 26.2. The number of carbonyl (C=O) groups is 2. The molecule has 1 N–H and O–H groups in total. The quantitative estimate of drug-likeness (QED) is 0.524. The molecular formula is C29H31NO4. The van der Waals surface area contributed by atoms with Gasteiger partial charge in [-0.25, -0.2) is 0 Å². The Bertz CT molecular complexity index is 1150. The van der Waals surface area contributed by atoms with Gasteiger partial charge in [0.05, 0.1) is 18.6 Å². The van der Waals surface area contributed by atoms with Gasteiger partial charge in [-0.05, 0) is 55.5 Å². The van der Waals surface area contributed by atoms with Gasteiger partial charge in [-0.2, -0.15) is 0 Å². The molecule has 34 heavy (non-hydrogen) atoms. The Morgan fingerprint density at radius 2 is 1.29 bits per heavy atom. The predicted molar refractivity (Wildman–Crippen MR) is 132 cm³/mol. The van der Waals surface area contributed by atoms with E-state index < -0.39 is 35.0 Å². The first-order valence-electron chi connectivity index (χ1n) is 11.5. The molecule has 0 saturated heterocycles. The predicted octanol–water partition coefficient (Wildman–Crippen LogP) is 5.07. The van der Waals surface area contributed by atoms with Crippen LogP contribution in [0.2, 0.25) is 0 Å². The van der Waals surface area contributed by atoms with Crippen molar-refractivity contribution in [1.82, 2.24) is 5.32 Å². The SMILES string of the molecule is COC(=O)C(C)[C@H](NC1(c2ccccc2)c2ccccc2-c2ccccc21)C(=O)OC(C)(C)C. The van der Waals surface area contributed by atoms with Gasteiger partial charge < -0.3 is 9.47 Å². The van der Waals surface area contributed by atoms with Gasteiger partial charge in [-0.1, -0.05) is 78.9 Å². The first-order valence-corrected chi connectivity index (χ1v) is 11.5. The standard InChI is InChI=1S/C29H31NO4/c1-19(26(31)33-5)25(27(32)34-28(2,3)4)30-29(20-13-7-6-8-14-20)23-17-11-9-15-21(23)22-16-10-12-18-24(22)29/h6-19,25,30H,1-5H3/t19?,25-/m0/s1. The zero-order valence-electron chi connectivity index (χ0n) is 20.3. The number of hydrogen-bond acceptors (Lipinski definition) is 5. The smallest absolute Gasteiger partial charge is 0.324 e. The molecule has 5 heteroatoms. The lowest BCUT2D eigenvalue weighted by Gasteiger charge is -2.39. The number of benzene rings is 3. The third kappa shape index (κ3) is 4.12. The van der Waals surface area contributed by atoms with E-state index >= 15 is 0 Å². The molecule has 0 fully saturated rings. The van der Waals surface area contributed by atoms with Gasteiger partial charge >= 0.3 is 11.9 Å². The summed E-state index contributed by atoms with van der Waals surface area (Å²) in [5, 5.41) is 3.62. The summed E-state index contributed by atoms with van der Waals surface area (Å²) in [6.45, 7) is 7.15. The van der Waals surface area contributed by atoms with E-state index in [-0.39, 0.29) is 0 Å². The Kier molecular flexibility index (Phi) is 6.32. The van der Waals surface area contributed by atoms with Crippen molar-refractivity contribution in [2.75, 3.05) is 7.11 Å². The van der Waals surface area contributed by atoms with Crippen LogP contribution in [0.25, 0.3) is 11.1 Å². The highest BCUT2D eigenvalue weighted by Crippen LogP contribution is 2.51. The molecule has 1 aliphatic carbocycles. The van der Waals surface area contributed by atoms with E-state index in [0.29, 0.717) is 0 Å². The van der Waals surface area contributed by atoms with Crippen LogP contribution < -0.4 is 5.32 Å². The van der Waals surface area contributed by atoms with Crippen molar-refractivity contribution in [2.45, 2.75) is 44.9 Å². The minimum Gasteiger partial charge on any atom is -0.469 e. The molecule has 5 nitrogen and oxygen atoms in total. The molecule has 0 amide bonds. The van der Waals surface area contributed by atoms with Gasteiger partial charge in [0.1, 0.15) is 11.6 Å². The van der Waals surface area contributed by atoms with Crippen molar-refractivity contribution in [3.05, 3.63) is 95.6 Å². The number of fused-ring (bicyclic) bond motifs is 3. The van der Waals surface area contributed by atoms with Crippen LogP contribution >= 0.6 is 0 Å². The van der Waals surface area contributed by atoms with Crippen LogP contribution in [0.4, 0.5) is 0 Å². The van der Waals surface area contributed by atoms with Gasteiger partial charge in [0.15, 0.2) is 0 Å². The second-order valence-electron chi connectivity index (χ2n) is 9.67. The molecule has 0 radical (unpaired) electrons. The van der Waals surface area contributed by atoms with Gasteiger partial charge in [0.2, 0.25) is 0 Å². The van der Waals surface area contributed by atoms with Crippen molar-refractivity contribution < 1.29 is 19.1 Å². The third-order valence-electron chi connectivity index (χ3n) is 6.26. The highest BCUT2D eigenvalue weighted by Gasteiger charge is 2.49. The Morgan fingerprint density at radius 1 is 0.794 bits per heavy atom. The Hall–Kier alpha value is -3.44. The molecule has 0 spiro atoms. The van der Waals surface area contributed by atoms with E-state index in [1.54, 1.807) is 6.92 Å². The number of carbonyl (C=O) groups excluding carboxylic acids is 2. The van der Waals surface area contributed by atoms with Crippen LogP contribution in [-0.2, 0) is 24.6 Å². The molecule has 1 aliphatic rings. The van der Waals surface area contributed by atoms with E-state index in [2.05, 4.69) is 29.6 Å². The molecule has 3 aromatic rings. The van der Waals surface area contributed by atoms with E-state index in [9.17, 15) is 9.59 Å². The molecule has 0 bridgehead atoms. The monoisotopic (exact) mass is 457 g/mol. The van der Waals surface area contributed by atoms with E-state index in [4.69, 9.17) is 9.47 Å². The van der Waals surface area contributed by atoms with Crippen LogP contribution in [0.3, 0.4) is 0 Å². The number of hydrogen-bond donors (Lipinski definition) is 1. The number of rotatable bonds is 6. The molecule has 176 valence electrons. The maximum absolute atomic E-state index is 13.5. The molecule has 2 atom stereocenters. The molecule has 1 unspecified atom stereocenters. The number of ether oxygens (including phenoxy) is 2.